The van der Waals surface area contributed by atoms with Crippen molar-refractivity contribution in [3.05, 3.63) is 17.5 Å². The van der Waals surface area contributed by atoms with Crippen molar-refractivity contribution in [2.24, 2.45) is 5.92 Å². The topological polar surface area (TPSA) is 55.1 Å². The van der Waals surface area contributed by atoms with Gasteiger partial charge in [-0.1, -0.05) is 25.4 Å². The summed E-state index contributed by atoms with van der Waals surface area (Å²) in [6.45, 7) is 4.41. The van der Waals surface area contributed by atoms with Crippen molar-refractivity contribution in [3.8, 4) is 0 Å². The Morgan fingerprint density at radius 3 is 2.84 bits per heavy atom. The largest absolute Gasteiger partial charge is 0.361 e. The van der Waals surface area contributed by atoms with Crippen molar-refractivity contribution in [3.63, 3.8) is 0 Å². The van der Waals surface area contributed by atoms with E-state index >= 15 is 0 Å². The van der Waals surface area contributed by atoms with Crippen LogP contribution >= 0.6 is 0 Å². The van der Waals surface area contributed by atoms with E-state index in [-0.39, 0.29) is 5.91 Å². The number of carbonyl (C=O) groups excluding carboxylic acids is 1. The number of carbonyl (C=O) groups is 1. The van der Waals surface area contributed by atoms with Crippen molar-refractivity contribution < 1.29 is 9.32 Å². The molecule has 0 radical (unpaired) electrons. The summed E-state index contributed by atoms with van der Waals surface area (Å²) < 4.78 is 5.18. The Morgan fingerprint density at radius 2 is 2.16 bits per heavy atom. The molecule has 1 aromatic heterocycles. The van der Waals surface area contributed by atoms with Gasteiger partial charge in [0, 0.05) is 18.5 Å². The first kappa shape index (κ1) is 14.1. The summed E-state index contributed by atoms with van der Waals surface area (Å²) in [5, 5.41) is 6.93. The first-order valence-electron chi connectivity index (χ1n) is 7.45. The Morgan fingerprint density at radius 1 is 1.42 bits per heavy atom. The van der Waals surface area contributed by atoms with Crippen molar-refractivity contribution in [1.29, 1.82) is 0 Å². The van der Waals surface area contributed by atoms with Crippen LogP contribution in [0, 0.1) is 5.92 Å². The normalized spacial score (nSPS) is 23.3. The van der Waals surface area contributed by atoms with Crippen molar-refractivity contribution in [2.75, 3.05) is 0 Å². The fourth-order valence-corrected chi connectivity index (χ4v) is 2.55. The number of hydrogen-bond acceptors (Lipinski definition) is 3. The Labute approximate surface area is 114 Å². The monoisotopic (exact) mass is 264 g/mol. The molecule has 106 valence electrons. The number of amides is 1. The van der Waals surface area contributed by atoms with E-state index < -0.39 is 0 Å². The predicted octanol–water partition coefficient (Wildman–Crippen LogP) is 3.33. The van der Waals surface area contributed by atoms with Gasteiger partial charge in [-0.05, 0) is 38.0 Å². The summed E-state index contributed by atoms with van der Waals surface area (Å²) in [6.07, 6.45) is 7.59. The van der Waals surface area contributed by atoms with E-state index in [0.717, 1.165) is 43.8 Å². The zero-order valence-electron chi connectivity index (χ0n) is 11.9. The first-order valence-corrected chi connectivity index (χ1v) is 7.45. The molecule has 1 amide bonds. The fourth-order valence-electron chi connectivity index (χ4n) is 2.55. The van der Waals surface area contributed by atoms with Crippen molar-refractivity contribution in [1.82, 2.24) is 10.5 Å². The molecule has 1 aromatic rings. The number of aryl methyl sites for hydroxylation is 1. The van der Waals surface area contributed by atoms with E-state index in [1.165, 1.54) is 12.8 Å². The molecule has 0 aromatic carbocycles. The van der Waals surface area contributed by atoms with Crippen molar-refractivity contribution >= 4 is 5.91 Å². The minimum atomic E-state index is -0.0916. The standard InChI is InChI=1S/C15H24N2O2/c1-3-4-5-13-10-14(17-19-13)15(18)16-12-8-6-11(2)7-9-12/h10-12H,3-9H2,1-2H3,(H,16,18). The third kappa shape index (κ3) is 4.08. The first-order chi connectivity index (χ1) is 9.19. The minimum absolute atomic E-state index is 0.0916. The van der Waals surface area contributed by atoms with Gasteiger partial charge in [0.25, 0.3) is 5.91 Å². The number of rotatable bonds is 5. The Hall–Kier alpha value is -1.32. The number of aromatic nitrogens is 1. The highest BCUT2D eigenvalue weighted by molar-refractivity contribution is 5.92. The van der Waals surface area contributed by atoms with Gasteiger partial charge in [0.05, 0.1) is 0 Å². The Kier molecular flexibility index (Phi) is 5.00. The lowest BCUT2D eigenvalue weighted by Crippen LogP contribution is -2.37. The van der Waals surface area contributed by atoms with Crippen LogP contribution in [0.15, 0.2) is 10.6 Å². The summed E-state index contributed by atoms with van der Waals surface area (Å²) >= 11 is 0. The summed E-state index contributed by atoms with van der Waals surface area (Å²) in [5.74, 6) is 1.51. The van der Waals surface area contributed by atoms with E-state index in [1.807, 2.05) is 0 Å². The zero-order chi connectivity index (χ0) is 13.7. The molecule has 1 heterocycles. The van der Waals surface area contributed by atoms with Gasteiger partial charge in [-0.2, -0.15) is 0 Å². The van der Waals surface area contributed by atoms with E-state index in [0.29, 0.717) is 11.7 Å². The molecule has 0 unspecified atom stereocenters. The van der Waals surface area contributed by atoms with E-state index in [2.05, 4.69) is 24.3 Å². The van der Waals surface area contributed by atoms with Crippen LogP contribution in [0.1, 0.15) is 68.6 Å². The lowest BCUT2D eigenvalue weighted by atomic mass is 9.87. The highest BCUT2D eigenvalue weighted by Gasteiger charge is 2.21. The SMILES string of the molecule is CCCCc1cc(C(=O)NC2CCC(C)CC2)no1. The molecule has 1 N–H and O–H groups in total. The number of nitrogens with one attached hydrogen (secondary N) is 1. The second kappa shape index (κ2) is 6.73. The van der Waals surface area contributed by atoms with Crippen LogP contribution in [-0.2, 0) is 6.42 Å². The molecule has 4 heteroatoms. The second-order valence-electron chi connectivity index (χ2n) is 5.71. The smallest absolute Gasteiger partial charge is 0.273 e. The summed E-state index contributed by atoms with van der Waals surface area (Å²) in [5.41, 5.74) is 0.421. The summed E-state index contributed by atoms with van der Waals surface area (Å²) in [7, 11) is 0. The quantitative estimate of drug-likeness (QED) is 0.887. The van der Waals surface area contributed by atoms with Crippen LogP contribution in [0.4, 0.5) is 0 Å². The van der Waals surface area contributed by atoms with Crippen LogP contribution in [-0.4, -0.2) is 17.1 Å². The third-order valence-corrected chi connectivity index (χ3v) is 3.92. The van der Waals surface area contributed by atoms with Crippen LogP contribution in [0.3, 0.4) is 0 Å². The van der Waals surface area contributed by atoms with Gasteiger partial charge in [-0.3, -0.25) is 4.79 Å². The van der Waals surface area contributed by atoms with Gasteiger partial charge in [0.15, 0.2) is 5.69 Å². The molecule has 1 saturated carbocycles. The van der Waals surface area contributed by atoms with Crippen molar-refractivity contribution in [2.45, 2.75) is 64.8 Å². The van der Waals surface area contributed by atoms with Gasteiger partial charge < -0.3 is 9.84 Å². The van der Waals surface area contributed by atoms with Crippen LogP contribution in [0.2, 0.25) is 0 Å². The lowest BCUT2D eigenvalue weighted by molar-refractivity contribution is 0.0913. The molecule has 0 atom stereocenters. The molecular weight excluding hydrogens is 240 g/mol. The Bertz CT molecular complexity index is 406. The average molecular weight is 264 g/mol. The maximum Gasteiger partial charge on any atom is 0.273 e. The van der Waals surface area contributed by atoms with Gasteiger partial charge in [-0.15, -0.1) is 0 Å². The molecule has 19 heavy (non-hydrogen) atoms. The van der Waals surface area contributed by atoms with Crippen LogP contribution in [0.5, 0.6) is 0 Å². The van der Waals surface area contributed by atoms with E-state index in [1.54, 1.807) is 6.07 Å². The molecule has 1 aliphatic carbocycles. The lowest BCUT2D eigenvalue weighted by Gasteiger charge is -2.26. The maximum atomic E-state index is 12.0. The zero-order valence-corrected chi connectivity index (χ0v) is 11.9. The van der Waals surface area contributed by atoms with E-state index in [9.17, 15) is 4.79 Å². The van der Waals surface area contributed by atoms with E-state index in [4.69, 9.17) is 4.52 Å². The second-order valence-corrected chi connectivity index (χ2v) is 5.71. The maximum absolute atomic E-state index is 12.0. The molecule has 0 bridgehead atoms. The molecule has 0 aliphatic heterocycles. The number of unbranched alkanes of at least 4 members (excludes halogenated alkanes) is 1. The Balaban J connectivity index is 1.84. The molecule has 0 saturated heterocycles. The van der Waals surface area contributed by atoms with Gasteiger partial charge in [-0.25, -0.2) is 0 Å². The molecule has 2 rings (SSSR count). The molecule has 1 aliphatic rings. The summed E-state index contributed by atoms with van der Waals surface area (Å²) in [6, 6.07) is 2.08. The average Bonchev–Trinajstić information content (AvgIpc) is 2.88. The molecule has 0 spiro atoms. The van der Waals surface area contributed by atoms with Crippen LogP contribution < -0.4 is 5.32 Å². The van der Waals surface area contributed by atoms with Gasteiger partial charge in [0.2, 0.25) is 0 Å². The van der Waals surface area contributed by atoms with Gasteiger partial charge in [0.1, 0.15) is 5.76 Å². The third-order valence-electron chi connectivity index (χ3n) is 3.92. The molecule has 1 fully saturated rings. The highest BCUT2D eigenvalue weighted by atomic mass is 16.5. The molecule has 4 nitrogen and oxygen atoms in total. The van der Waals surface area contributed by atoms with Crippen LogP contribution in [0.25, 0.3) is 0 Å². The summed E-state index contributed by atoms with van der Waals surface area (Å²) in [4.78, 5) is 12.0. The minimum Gasteiger partial charge on any atom is -0.361 e. The van der Waals surface area contributed by atoms with Gasteiger partial charge >= 0.3 is 0 Å². The fraction of sp³-hybridized carbons (Fsp3) is 0.733. The molecular formula is C15H24N2O2. The number of hydrogen-bond donors (Lipinski definition) is 1. The number of nitrogens with zero attached hydrogens (tertiary/aromatic N) is 1. The predicted molar refractivity (Wildman–Crippen MR) is 74.0 cm³/mol. The highest BCUT2D eigenvalue weighted by Crippen LogP contribution is 2.23.